The van der Waals surface area contributed by atoms with Crippen molar-refractivity contribution in [3.63, 3.8) is 0 Å². The summed E-state index contributed by atoms with van der Waals surface area (Å²) in [7, 11) is 0. The van der Waals surface area contributed by atoms with E-state index >= 15 is 0 Å². The normalized spacial score (nSPS) is 13.5. The second-order valence-corrected chi connectivity index (χ2v) is 4.79. The minimum absolute atomic E-state index is 0.0405. The summed E-state index contributed by atoms with van der Waals surface area (Å²) in [6.07, 6.45) is -0.423. The molecular weight excluding hydrogens is 296 g/mol. The molecule has 0 aromatic carbocycles. The third-order valence-corrected chi connectivity index (χ3v) is 2.88. The minimum atomic E-state index is -1.98. The number of aliphatic hydroxyl groups is 4. The first-order chi connectivity index (χ1) is 10.5. The van der Waals surface area contributed by atoms with Gasteiger partial charge in [-0.1, -0.05) is 0 Å². The van der Waals surface area contributed by atoms with E-state index in [1.807, 2.05) is 0 Å². The van der Waals surface area contributed by atoms with Crippen molar-refractivity contribution in [1.29, 1.82) is 0 Å². The maximum atomic E-state index is 11.4. The van der Waals surface area contributed by atoms with Gasteiger partial charge >= 0.3 is 11.9 Å². The van der Waals surface area contributed by atoms with Gasteiger partial charge in [-0.3, -0.25) is 0 Å². The lowest BCUT2D eigenvalue weighted by Gasteiger charge is -2.15. The van der Waals surface area contributed by atoms with Gasteiger partial charge in [-0.05, 0) is 38.5 Å². The highest BCUT2D eigenvalue weighted by molar-refractivity contribution is 5.85. The Morgan fingerprint density at radius 1 is 0.682 bits per heavy atom. The molecule has 4 N–H and O–H groups in total. The number of aliphatic hydroxyl groups excluding tert-OH is 4. The van der Waals surface area contributed by atoms with E-state index < -0.39 is 24.1 Å². The second-order valence-electron chi connectivity index (χ2n) is 4.79. The van der Waals surface area contributed by atoms with Gasteiger partial charge in [-0.25, -0.2) is 9.59 Å². The van der Waals surface area contributed by atoms with Crippen LogP contribution < -0.4 is 0 Å². The van der Waals surface area contributed by atoms with E-state index in [4.69, 9.17) is 19.7 Å². The Morgan fingerprint density at radius 3 is 1.36 bits per heavy atom. The predicted molar refractivity (Wildman–Crippen MR) is 75.8 cm³/mol. The summed E-state index contributed by atoms with van der Waals surface area (Å²) >= 11 is 0. The highest BCUT2D eigenvalue weighted by atomic mass is 16.6. The van der Waals surface area contributed by atoms with Crippen molar-refractivity contribution < 1.29 is 39.5 Å². The molecule has 0 heterocycles. The number of hydrogen-bond donors (Lipinski definition) is 4. The third kappa shape index (κ3) is 9.67. The Kier molecular flexibility index (Phi) is 12.7. The topological polar surface area (TPSA) is 134 Å². The Balaban J connectivity index is 3.88. The lowest BCUT2D eigenvalue weighted by Crippen LogP contribution is -2.41. The molecule has 0 amide bonds. The minimum Gasteiger partial charge on any atom is -0.464 e. The van der Waals surface area contributed by atoms with Crippen LogP contribution in [0.15, 0.2) is 0 Å². The van der Waals surface area contributed by atoms with Crippen LogP contribution in [0.2, 0.25) is 0 Å². The maximum Gasteiger partial charge on any atom is 0.338 e. The summed E-state index contributed by atoms with van der Waals surface area (Å²) in [4.78, 5) is 22.8. The molecule has 2 atom stereocenters. The first-order valence-corrected chi connectivity index (χ1v) is 7.45. The number of carbonyl (C=O) groups excluding carboxylic acids is 2. The molecule has 0 fully saturated rings. The van der Waals surface area contributed by atoms with E-state index in [0.29, 0.717) is 38.5 Å². The van der Waals surface area contributed by atoms with E-state index in [9.17, 15) is 19.8 Å². The van der Waals surface area contributed by atoms with Crippen LogP contribution in [-0.4, -0.2) is 71.0 Å². The van der Waals surface area contributed by atoms with Crippen molar-refractivity contribution in [2.45, 2.75) is 50.7 Å². The van der Waals surface area contributed by atoms with Gasteiger partial charge in [-0.15, -0.1) is 0 Å². The molecule has 2 unspecified atom stereocenters. The van der Waals surface area contributed by atoms with Gasteiger partial charge in [0.15, 0.2) is 12.2 Å². The van der Waals surface area contributed by atoms with Crippen LogP contribution in [0.4, 0.5) is 0 Å². The molecule has 0 radical (unpaired) electrons. The standard InChI is InChI=1S/C14H26O8/c15-7-3-1-5-9-21-13(19)11(17)12(18)14(20)22-10-6-2-4-8-16/h11-12,15-18H,1-10H2. The quantitative estimate of drug-likeness (QED) is 0.254. The molecule has 8 heteroatoms. The van der Waals surface area contributed by atoms with Crippen molar-refractivity contribution in [2.24, 2.45) is 0 Å². The van der Waals surface area contributed by atoms with E-state index in [2.05, 4.69) is 0 Å². The average Bonchev–Trinajstić information content (AvgIpc) is 2.52. The number of unbranched alkanes of at least 4 members (excludes halogenated alkanes) is 4. The molecule has 0 aromatic rings. The Labute approximate surface area is 129 Å². The molecule has 22 heavy (non-hydrogen) atoms. The number of ether oxygens (including phenoxy) is 2. The predicted octanol–water partition coefficient (Wildman–Crippen LogP) is -0.880. The van der Waals surface area contributed by atoms with Crippen molar-refractivity contribution in [3.05, 3.63) is 0 Å². The zero-order chi connectivity index (χ0) is 16.8. The lowest BCUT2D eigenvalue weighted by atomic mass is 10.2. The maximum absolute atomic E-state index is 11.4. The van der Waals surface area contributed by atoms with E-state index in [1.165, 1.54) is 0 Å². The van der Waals surface area contributed by atoms with Gasteiger partial charge in [0.25, 0.3) is 0 Å². The molecule has 0 spiro atoms. The number of carbonyl (C=O) groups is 2. The van der Waals surface area contributed by atoms with E-state index in [0.717, 1.165) is 0 Å². The number of esters is 2. The highest BCUT2D eigenvalue weighted by Gasteiger charge is 2.32. The largest absolute Gasteiger partial charge is 0.464 e. The molecule has 0 aliphatic rings. The summed E-state index contributed by atoms with van der Waals surface area (Å²) in [5.41, 5.74) is 0. The van der Waals surface area contributed by atoms with Crippen LogP contribution in [0.1, 0.15) is 38.5 Å². The van der Waals surface area contributed by atoms with Crippen molar-refractivity contribution in [1.82, 2.24) is 0 Å². The Bertz CT molecular complexity index is 277. The monoisotopic (exact) mass is 322 g/mol. The first-order valence-electron chi connectivity index (χ1n) is 7.45. The van der Waals surface area contributed by atoms with E-state index in [1.54, 1.807) is 0 Å². The van der Waals surface area contributed by atoms with Gasteiger partial charge in [0.1, 0.15) is 0 Å². The second kappa shape index (κ2) is 13.4. The summed E-state index contributed by atoms with van der Waals surface area (Å²) in [5, 5.41) is 36.1. The molecular formula is C14H26O8. The summed E-state index contributed by atoms with van der Waals surface area (Å²) in [6.45, 7) is 0.191. The molecule has 0 rings (SSSR count). The molecule has 0 bridgehead atoms. The first kappa shape index (κ1) is 20.8. The highest BCUT2D eigenvalue weighted by Crippen LogP contribution is 2.03. The van der Waals surface area contributed by atoms with Gasteiger partial charge in [0.05, 0.1) is 13.2 Å². The van der Waals surface area contributed by atoms with E-state index in [-0.39, 0.29) is 26.4 Å². The zero-order valence-corrected chi connectivity index (χ0v) is 12.6. The molecule has 0 aromatic heterocycles. The average molecular weight is 322 g/mol. The van der Waals surface area contributed by atoms with Gasteiger partial charge in [-0.2, -0.15) is 0 Å². The smallest absolute Gasteiger partial charge is 0.338 e. The molecule has 130 valence electrons. The van der Waals surface area contributed by atoms with Gasteiger partial charge < -0.3 is 29.9 Å². The van der Waals surface area contributed by atoms with Crippen LogP contribution >= 0.6 is 0 Å². The molecule has 0 aliphatic carbocycles. The fourth-order valence-electron chi connectivity index (χ4n) is 1.56. The van der Waals surface area contributed by atoms with Crippen molar-refractivity contribution >= 4 is 11.9 Å². The molecule has 8 nitrogen and oxygen atoms in total. The van der Waals surface area contributed by atoms with Gasteiger partial charge in [0, 0.05) is 13.2 Å². The van der Waals surface area contributed by atoms with Crippen LogP contribution in [0.3, 0.4) is 0 Å². The summed E-state index contributed by atoms with van der Waals surface area (Å²) in [5.74, 6) is -2.18. The lowest BCUT2D eigenvalue weighted by molar-refractivity contribution is -0.173. The summed E-state index contributed by atoms with van der Waals surface area (Å²) in [6, 6.07) is 0. The fraction of sp³-hybridized carbons (Fsp3) is 0.857. The molecule has 0 saturated carbocycles. The third-order valence-electron chi connectivity index (χ3n) is 2.88. The zero-order valence-electron chi connectivity index (χ0n) is 12.6. The fourth-order valence-corrected chi connectivity index (χ4v) is 1.56. The molecule has 0 aliphatic heterocycles. The molecule has 0 saturated heterocycles. The SMILES string of the molecule is O=C(OCCCCCO)C(O)C(O)C(=O)OCCCCCO. The van der Waals surface area contributed by atoms with Crippen molar-refractivity contribution in [2.75, 3.05) is 26.4 Å². The Morgan fingerprint density at radius 2 is 1.05 bits per heavy atom. The van der Waals surface area contributed by atoms with Crippen LogP contribution in [0.25, 0.3) is 0 Å². The summed E-state index contributed by atoms with van der Waals surface area (Å²) < 4.78 is 9.43. The van der Waals surface area contributed by atoms with Gasteiger partial charge in [0.2, 0.25) is 0 Å². The number of hydrogen-bond acceptors (Lipinski definition) is 8. The van der Waals surface area contributed by atoms with Crippen LogP contribution in [0, 0.1) is 0 Å². The van der Waals surface area contributed by atoms with Crippen LogP contribution in [0.5, 0.6) is 0 Å². The van der Waals surface area contributed by atoms with Crippen LogP contribution in [-0.2, 0) is 19.1 Å². The van der Waals surface area contributed by atoms with Crippen molar-refractivity contribution in [3.8, 4) is 0 Å². The Hall–Kier alpha value is -1.22. The number of rotatable bonds is 13.